The Morgan fingerprint density at radius 3 is 2.26 bits per heavy atom. The molecular formula is C20H26F2N2O7. The first-order chi connectivity index (χ1) is 14.6. The topological polar surface area (TPSA) is 125 Å². The summed E-state index contributed by atoms with van der Waals surface area (Å²) in [5.74, 6) is -3.94. The summed E-state index contributed by atoms with van der Waals surface area (Å²) in [5, 5.41) is 18.8. The molecule has 2 rings (SSSR count). The molecule has 0 saturated carbocycles. The number of carbonyl (C=O) groups excluding carboxylic acids is 1. The van der Waals surface area contributed by atoms with E-state index in [0.29, 0.717) is 38.4 Å². The number of carbonyl (C=O) groups is 3. The molecule has 1 aliphatic heterocycles. The second-order valence-electron chi connectivity index (χ2n) is 6.52. The van der Waals surface area contributed by atoms with Crippen molar-refractivity contribution in [3.63, 3.8) is 0 Å². The van der Waals surface area contributed by atoms with Crippen LogP contribution in [-0.4, -0.2) is 65.4 Å². The third kappa shape index (κ3) is 9.43. The predicted octanol–water partition coefficient (Wildman–Crippen LogP) is 2.40. The molecule has 0 spiro atoms. The Labute approximate surface area is 178 Å². The van der Waals surface area contributed by atoms with Gasteiger partial charge >= 0.3 is 18.0 Å². The van der Waals surface area contributed by atoms with Crippen LogP contribution in [0.1, 0.15) is 25.8 Å². The van der Waals surface area contributed by atoms with Gasteiger partial charge in [0.1, 0.15) is 24.0 Å². The van der Waals surface area contributed by atoms with Crippen LogP contribution >= 0.6 is 0 Å². The van der Waals surface area contributed by atoms with Crippen LogP contribution in [0.25, 0.3) is 0 Å². The maximum atomic E-state index is 14.0. The van der Waals surface area contributed by atoms with Gasteiger partial charge in [0.05, 0.1) is 12.2 Å². The van der Waals surface area contributed by atoms with Gasteiger partial charge < -0.3 is 29.9 Å². The number of aliphatic carboxylic acids is 2. The van der Waals surface area contributed by atoms with Crippen LogP contribution in [0.2, 0.25) is 0 Å². The first-order valence-corrected chi connectivity index (χ1v) is 9.54. The minimum atomic E-state index is -1.26. The number of carboxylic acid groups (broad SMARTS) is 2. The van der Waals surface area contributed by atoms with Crippen LogP contribution in [0.15, 0.2) is 24.3 Å². The lowest BCUT2D eigenvalue weighted by molar-refractivity contribution is -0.134. The number of ether oxygens (including phenoxy) is 2. The largest absolute Gasteiger partial charge is 0.493 e. The average molecular weight is 444 g/mol. The van der Waals surface area contributed by atoms with Gasteiger partial charge in [0.25, 0.3) is 0 Å². The lowest BCUT2D eigenvalue weighted by atomic mass is 10.2. The molecule has 0 unspecified atom stereocenters. The fourth-order valence-corrected chi connectivity index (χ4v) is 2.49. The van der Waals surface area contributed by atoms with Crippen molar-refractivity contribution in [1.29, 1.82) is 0 Å². The molecule has 172 valence electrons. The van der Waals surface area contributed by atoms with Gasteiger partial charge in [-0.2, -0.15) is 0 Å². The number of nitrogens with one attached hydrogen (secondary N) is 1. The molecule has 1 aliphatic rings. The molecule has 0 aliphatic carbocycles. The molecule has 0 aromatic heterocycles. The highest BCUT2D eigenvalue weighted by molar-refractivity contribution is 5.89. The van der Waals surface area contributed by atoms with Crippen molar-refractivity contribution in [3.05, 3.63) is 41.5 Å². The Bertz CT molecular complexity index is 763. The van der Waals surface area contributed by atoms with Crippen LogP contribution in [0, 0.1) is 11.6 Å². The van der Waals surface area contributed by atoms with Gasteiger partial charge in [0.15, 0.2) is 0 Å². The summed E-state index contributed by atoms with van der Waals surface area (Å²) >= 11 is 0. The Morgan fingerprint density at radius 1 is 1.19 bits per heavy atom. The molecule has 31 heavy (non-hydrogen) atoms. The third-order valence-corrected chi connectivity index (χ3v) is 4.03. The molecule has 3 N–H and O–H groups in total. The predicted molar refractivity (Wildman–Crippen MR) is 106 cm³/mol. The van der Waals surface area contributed by atoms with Gasteiger partial charge in [-0.05, 0) is 13.3 Å². The molecular weight excluding hydrogens is 418 g/mol. The lowest BCUT2D eigenvalue weighted by Gasteiger charge is -2.33. The first kappa shape index (κ1) is 25.8. The minimum absolute atomic E-state index is 0.0178. The second kappa shape index (κ2) is 13.2. The molecule has 1 heterocycles. The number of hydrogen-bond acceptors (Lipinski definition) is 6. The van der Waals surface area contributed by atoms with Crippen molar-refractivity contribution < 1.29 is 42.9 Å². The number of amides is 1. The SMILES string of the molecule is CCCOc1cc(F)c(COC(=O)N2CCNC[C@H]2C)c(F)c1.O=C(O)C=CC(=O)O. The Kier molecular flexibility index (Phi) is 11.0. The molecule has 1 saturated heterocycles. The molecule has 1 fully saturated rings. The number of halogens is 2. The van der Waals surface area contributed by atoms with E-state index in [4.69, 9.17) is 19.7 Å². The van der Waals surface area contributed by atoms with Crippen molar-refractivity contribution >= 4 is 18.0 Å². The number of rotatable bonds is 7. The zero-order valence-electron chi connectivity index (χ0n) is 17.3. The number of benzene rings is 1. The fourth-order valence-electron chi connectivity index (χ4n) is 2.49. The highest BCUT2D eigenvalue weighted by Gasteiger charge is 2.25. The highest BCUT2D eigenvalue weighted by Crippen LogP contribution is 2.22. The average Bonchev–Trinajstić information content (AvgIpc) is 2.70. The maximum Gasteiger partial charge on any atom is 0.410 e. The molecule has 9 nitrogen and oxygen atoms in total. The quantitative estimate of drug-likeness (QED) is 0.548. The van der Waals surface area contributed by atoms with Crippen molar-refractivity contribution in [1.82, 2.24) is 10.2 Å². The van der Waals surface area contributed by atoms with Gasteiger partial charge in [-0.15, -0.1) is 0 Å². The zero-order valence-corrected chi connectivity index (χ0v) is 17.3. The maximum absolute atomic E-state index is 14.0. The van der Waals surface area contributed by atoms with Crippen LogP contribution < -0.4 is 10.1 Å². The van der Waals surface area contributed by atoms with Crippen molar-refractivity contribution in [2.24, 2.45) is 0 Å². The lowest BCUT2D eigenvalue weighted by Crippen LogP contribution is -2.52. The Hall–Kier alpha value is -3.21. The summed E-state index contributed by atoms with van der Waals surface area (Å²) in [5.41, 5.74) is -0.273. The van der Waals surface area contributed by atoms with Gasteiger partial charge in [0.2, 0.25) is 0 Å². The third-order valence-electron chi connectivity index (χ3n) is 4.03. The van der Waals surface area contributed by atoms with E-state index in [1.165, 1.54) is 0 Å². The van der Waals surface area contributed by atoms with E-state index in [-0.39, 0.29) is 17.4 Å². The zero-order chi connectivity index (χ0) is 23.4. The molecule has 1 aromatic rings. The van der Waals surface area contributed by atoms with E-state index in [1.807, 2.05) is 13.8 Å². The van der Waals surface area contributed by atoms with Gasteiger partial charge in [-0.3, -0.25) is 0 Å². The molecule has 0 bridgehead atoms. The summed E-state index contributed by atoms with van der Waals surface area (Å²) in [6, 6.07) is 2.20. The van der Waals surface area contributed by atoms with Gasteiger partial charge in [-0.1, -0.05) is 6.92 Å². The molecule has 0 radical (unpaired) electrons. The standard InChI is InChI=1S/C16H22F2N2O3.C4H4O4/c1-3-6-22-12-7-14(17)13(15(18)8-12)10-23-16(21)20-5-4-19-9-11(20)2;5-3(6)1-2-4(7)8/h7-8,11,19H,3-6,9-10H2,1-2H3;1-2H,(H,5,6)(H,7,8)/t11-;/m1./s1. The normalized spacial score (nSPS) is 15.7. The van der Waals surface area contributed by atoms with Gasteiger partial charge in [-0.25, -0.2) is 23.2 Å². The van der Waals surface area contributed by atoms with Crippen LogP contribution in [0.5, 0.6) is 5.75 Å². The molecule has 1 atom stereocenters. The van der Waals surface area contributed by atoms with Crippen molar-refractivity contribution in [2.75, 3.05) is 26.2 Å². The van der Waals surface area contributed by atoms with E-state index >= 15 is 0 Å². The van der Waals surface area contributed by atoms with E-state index in [9.17, 15) is 23.2 Å². The van der Waals surface area contributed by atoms with E-state index in [2.05, 4.69) is 5.32 Å². The number of hydrogen-bond donors (Lipinski definition) is 3. The fraction of sp³-hybridized carbons (Fsp3) is 0.450. The smallest absolute Gasteiger partial charge is 0.410 e. The number of carboxylic acids is 2. The second-order valence-corrected chi connectivity index (χ2v) is 6.52. The monoisotopic (exact) mass is 444 g/mol. The summed E-state index contributed by atoms with van der Waals surface area (Å²) in [6.45, 7) is 5.57. The van der Waals surface area contributed by atoms with Crippen LogP contribution in [0.3, 0.4) is 0 Å². The highest BCUT2D eigenvalue weighted by atomic mass is 19.1. The van der Waals surface area contributed by atoms with E-state index in [0.717, 1.165) is 18.6 Å². The minimum Gasteiger partial charge on any atom is -0.493 e. The van der Waals surface area contributed by atoms with Crippen LogP contribution in [-0.2, 0) is 20.9 Å². The Balaban J connectivity index is 0.000000512. The van der Waals surface area contributed by atoms with Crippen molar-refractivity contribution in [3.8, 4) is 5.75 Å². The van der Waals surface area contributed by atoms with Gasteiger partial charge in [0, 0.05) is 50.0 Å². The summed E-state index contributed by atoms with van der Waals surface area (Å²) in [7, 11) is 0. The van der Waals surface area contributed by atoms with E-state index < -0.39 is 36.3 Å². The van der Waals surface area contributed by atoms with Crippen LogP contribution in [0.4, 0.5) is 13.6 Å². The van der Waals surface area contributed by atoms with E-state index in [1.54, 1.807) is 4.90 Å². The summed E-state index contributed by atoms with van der Waals surface area (Å²) < 4.78 is 38.2. The first-order valence-electron chi connectivity index (χ1n) is 9.54. The number of piperazine rings is 1. The molecule has 1 aromatic carbocycles. The molecule has 1 amide bonds. The molecule has 11 heteroatoms. The number of nitrogens with zero attached hydrogens (tertiary/aromatic N) is 1. The summed E-state index contributed by atoms with van der Waals surface area (Å²) in [6.07, 6.45) is 1.29. The summed E-state index contributed by atoms with van der Waals surface area (Å²) in [4.78, 5) is 32.7. The Morgan fingerprint density at radius 2 is 1.77 bits per heavy atom. The van der Waals surface area contributed by atoms with Crippen molar-refractivity contribution in [2.45, 2.75) is 32.9 Å².